The van der Waals surface area contributed by atoms with Gasteiger partial charge in [0.05, 0.1) is 0 Å². The van der Waals surface area contributed by atoms with Gasteiger partial charge in [0.15, 0.2) is 0 Å². The van der Waals surface area contributed by atoms with Crippen molar-refractivity contribution in [2.24, 2.45) is 5.92 Å². The highest BCUT2D eigenvalue weighted by atomic mass is 16.6. The second-order valence-electron chi connectivity index (χ2n) is 36.7. The van der Waals surface area contributed by atoms with E-state index in [1.54, 1.807) is 0 Å². The number of hydrogen-bond acceptors (Lipinski definition) is 12. The van der Waals surface area contributed by atoms with Crippen molar-refractivity contribution in [2.75, 3.05) is 79.5 Å². The molecule has 1 aliphatic rings. The SMILES string of the molecule is CCCCCCCCC(CCCCCCCC)OC(=O)CCCCCN(CCCCCC(=O)OC(CCCCCCCC)CCCCCCCCC1CCN(CCN(CCCCCC(=O)OC(CCCCCCCC)CCCCCCCC)CCCCCC(=O)OC(CCCCCCCC)CCCCCCCC)C1)CCN(C)C. The molecule has 676 valence electrons. The third-order valence-corrected chi connectivity index (χ3v) is 25.1. The van der Waals surface area contributed by atoms with Crippen molar-refractivity contribution in [3.63, 3.8) is 0 Å². The lowest BCUT2D eigenvalue weighted by atomic mass is 9.99. The summed E-state index contributed by atoms with van der Waals surface area (Å²) in [7, 11) is 4.32. The fourth-order valence-electron chi connectivity index (χ4n) is 17.4. The predicted molar refractivity (Wildman–Crippen MR) is 492 cm³/mol. The summed E-state index contributed by atoms with van der Waals surface area (Å²) in [6.07, 6.45) is 86.6. The molecule has 0 aromatic rings. The van der Waals surface area contributed by atoms with E-state index in [9.17, 15) is 19.2 Å². The van der Waals surface area contributed by atoms with E-state index in [1.807, 2.05) is 0 Å². The molecule has 1 saturated heterocycles. The van der Waals surface area contributed by atoms with E-state index in [-0.39, 0.29) is 48.3 Å². The Balaban J connectivity index is 2.73. The van der Waals surface area contributed by atoms with Gasteiger partial charge in [-0.2, -0.15) is 0 Å². The summed E-state index contributed by atoms with van der Waals surface area (Å²) in [5.74, 6) is 0.872. The first-order chi connectivity index (χ1) is 55.9. The molecule has 0 aliphatic carbocycles. The Morgan fingerprint density at radius 2 is 0.482 bits per heavy atom. The smallest absolute Gasteiger partial charge is 0.306 e. The molecule has 2 atom stereocenters. The van der Waals surface area contributed by atoms with Crippen LogP contribution in [0.3, 0.4) is 0 Å². The van der Waals surface area contributed by atoms with Crippen molar-refractivity contribution >= 4 is 23.9 Å². The molecule has 0 spiro atoms. The third kappa shape index (κ3) is 74.7. The molecule has 0 saturated carbocycles. The zero-order chi connectivity index (χ0) is 82.7. The van der Waals surface area contributed by atoms with Crippen molar-refractivity contribution in [3.8, 4) is 0 Å². The van der Waals surface area contributed by atoms with Crippen LogP contribution in [0.4, 0.5) is 0 Å². The fraction of sp³-hybridized carbons (Fsp3) is 0.961. The van der Waals surface area contributed by atoms with E-state index in [1.165, 1.54) is 321 Å². The number of rotatable bonds is 92. The normalized spacial score (nSPS) is 13.7. The summed E-state index contributed by atoms with van der Waals surface area (Å²) >= 11 is 0. The summed E-state index contributed by atoms with van der Waals surface area (Å²) in [6, 6.07) is 0. The highest BCUT2D eigenvalue weighted by Gasteiger charge is 2.24. The molecule has 0 aromatic heterocycles. The van der Waals surface area contributed by atoms with Gasteiger partial charge in [0.1, 0.15) is 24.4 Å². The van der Waals surface area contributed by atoms with E-state index in [4.69, 9.17) is 18.9 Å². The number of carbonyl (C=O) groups excluding carboxylic acids is 4. The second kappa shape index (κ2) is 85.7. The van der Waals surface area contributed by atoms with Crippen LogP contribution in [-0.4, -0.2) is 147 Å². The van der Waals surface area contributed by atoms with Crippen LogP contribution < -0.4 is 0 Å². The molecule has 1 rings (SSSR count). The Hall–Kier alpha value is -2.28. The molecule has 1 aliphatic heterocycles. The average Bonchev–Trinajstić information content (AvgIpc) is 1.77. The summed E-state index contributed by atoms with van der Waals surface area (Å²) in [4.78, 5) is 63.6. The van der Waals surface area contributed by atoms with Gasteiger partial charge in [-0.25, -0.2) is 0 Å². The minimum absolute atomic E-state index is 0.0122. The van der Waals surface area contributed by atoms with E-state index >= 15 is 0 Å². The minimum atomic E-state index is 0.0122. The zero-order valence-electron chi connectivity index (χ0n) is 78.3. The minimum Gasteiger partial charge on any atom is -0.462 e. The van der Waals surface area contributed by atoms with Crippen LogP contribution in [0.15, 0.2) is 0 Å². The quantitative estimate of drug-likeness (QED) is 0.0328. The number of ether oxygens (including phenoxy) is 4. The number of nitrogens with zero attached hydrogens (tertiary/aromatic N) is 4. The third-order valence-electron chi connectivity index (χ3n) is 25.1. The second-order valence-corrected chi connectivity index (χ2v) is 36.7. The summed E-state index contributed by atoms with van der Waals surface area (Å²) in [5, 5.41) is 0. The Morgan fingerprint density at radius 1 is 0.263 bits per heavy atom. The average molecular weight is 1610 g/mol. The van der Waals surface area contributed by atoms with Crippen molar-refractivity contribution in [3.05, 3.63) is 0 Å². The molecule has 114 heavy (non-hydrogen) atoms. The lowest BCUT2D eigenvalue weighted by Crippen LogP contribution is -2.35. The summed E-state index contributed by atoms with van der Waals surface area (Å²) < 4.78 is 25.0. The topological polar surface area (TPSA) is 118 Å². The van der Waals surface area contributed by atoms with Crippen LogP contribution >= 0.6 is 0 Å². The standard InChI is InChI=1S/C102H200N4O8/c1-10-17-24-31-41-54-71-95(72-55-42-32-25-18-11-2)111-99(107)79-62-49-66-84-104(90-89-103(8)9)85-67-50-63-80-100(108)114-98(77-60-47-37-30-23-16-7)78-61-48-39-38-40-53-70-94-83-88-106(93-94)92-91-105(86-68-51-64-81-101(109)112-96(73-56-43-33-26-19-12-3)74-57-44-34-27-20-13-4)87-69-52-65-82-102(110)113-97(75-58-45-35-28-21-14-5)76-59-46-36-29-22-15-6/h94-98H,10-93H2,1-9H3. The molecule has 0 bridgehead atoms. The molecule has 0 aromatic carbocycles. The number of unbranched alkanes of at least 4 members (excludes halogenated alkanes) is 48. The van der Waals surface area contributed by atoms with Crippen LogP contribution in [0.25, 0.3) is 0 Å². The van der Waals surface area contributed by atoms with Crippen LogP contribution in [0.5, 0.6) is 0 Å². The van der Waals surface area contributed by atoms with Crippen molar-refractivity contribution in [1.29, 1.82) is 0 Å². The zero-order valence-corrected chi connectivity index (χ0v) is 78.3. The van der Waals surface area contributed by atoms with Crippen molar-refractivity contribution in [2.45, 2.75) is 548 Å². The molecule has 1 heterocycles. The first-order valence-electron chi connectivity index (χ1n) is 51.5. The van der Waals surface area contributed by atoms with E-state index < -0.39 is 0 Å². The molecular formula is C102H200N4O8. The maximum absolute atomic E-state index is 13.5. The lowest BCUT2D eigenvalue weighted by Gasteiger charge is -2.25. The van der Waals surface area contributed by atoms with Gasteiger partial charge >= 0.3 is 23.9 Å². The van der Waals surface area contributed by atoms with Crippen LogP contribution in [0, 0.1) is 5.92 Å². The number of likely N-dealkylation sites (N-methyl/N-ethyl adjacent to an activating group) is 1. The Kier molecular flexibility index (Phi) is 82.5. The highest BCUT2D eigenvalue weighted by molar-refractivity contribution is 5.70. The Bertz CT molecular complexity index is 1920. The van der Waals surface area contributed by atoms with Gasteiger partial charge in [0.25, 0.3) is 0 Å². The van der Waals surface area contributed by atoms with Gasteiger partial charge in [-0.15, -0.1) is 0 Å². The molecule has 1 fully saturated rings. The fourth-order valence-corrected chi connectivity index (χ4v) is 17.4. The largest absolute Gasteiger partial charge is 0.462 e. The van der Waals surface area contributed by atoms with Crippen molar-refractivity contribution < 1.29 is 38.1 Å². The molecule has 0 amide bonds. The molecule has 12 heteroatoms. The van der Waals surface area contributed by atoms with Crippen LogP contribution in [0.1, 0.15) is 524 Å². The van der Waals surface area contributed by atoms with Gasteiger partial charge in [-0.1, -0.05) is 331 Å². The predicted octanol–water partition coefficient (Wildman–Crippen LogP) is 29.7. The van der Waals surface area contributed by atoms with Crippen LogP contribution in [-0.2, 0) is 38.1 Å². The van der Waals surface area contributed by atoms with E-state index in [2.05, 4.69) is 82.2 Å². The highest BCUT2D eigenvalue weighted by Crippen LogP contribution is 2.27. The molecule has 0 radical (unpaired) electrons. The maximum Gasteiger partial charge on any atom is 0.306 e. The van der Waals surface area contributed by atoms with Gasteiger partial charge < -0.3 is 38.5 Å². The monoisotopic (exact) mass is 1610 g/mol. The van der Waals surface area contributed by atoms with Gasteiger partial charge in [-0.05, 0) is 220 Å². The van der Waals surface area contributed by atoms with Crippen molar-refractivity contribution in [1.82, 2.24) is 19.6 Å². The number of hydrogen-bond donors (Lipinski definition) is 0. The van der Waals surface area contributed by atoms with E-state index in [0.717, 1.165) is 200 Å². The molecule has 12 nitrogen and oxygen atoms in total. The van der Waals surface area contributed by atoms with Crippen LogP contribution in [0.2, 0.25) is 0 Å². The Labute approximate surface area is 711 Å². The van der Waals surface area contributed by atoms with E-state index in [0.29, 0.717) is 25.7 Å². The number of esters is 4. The summed E-state index contributed by atoms with van der Waals surface area (Å²) in [5.41, 5.74) is 0. The maximum atomic E-state index is 13.5. The molecule has 0 N–H and O–H groups in total. The first-order valence-corrected chi connectivity index (χ1v) is 51.5. The number of carbonyl (C=O) groups is 4. The van der Waals surface area contributed by atoms with Gasteiger partial charge in [-0.3, -0.25) is 19.2 Å². The molecule has 2 unspecified atom stereocenters. The summed E-state index contributed by atoms with van der Waals surface area (Å²) in [6.45, 7) is 26.9. The van der Waals surface area contributed by atoms with Gasteiger partial charge in [0, 0.05) is 58.4 Å². The number of likely N-dealkylation sites (tertiary alicyclic amines) is 1. The molecular weight excluding hydrogens is 1410 g/mol. The first kappa shape index (κ1) is 110. The lowest BCUT2D eigenvalue weighted by molar-refractivity contribution is -0.151. The van der Waals surface area contributed by atoms with Gasteiger partial charge in [0.2, 0.25) is 0 Å². The Morgan fingerprint density at radius 3 is 0.728 bits per heavy atom.